The Morgan fingerprint density at radius 2 is 1.67 bits per heavy atom. The fraction of sp³-hybridized carbons (Fsp3) is 0.120. The Morgan fingerprint density at radius 1 is 0.939 bits per heavy atom. The van der Waals surface area contributed by atoms with E-state index in [2.05, 4.69) is 25.9 Å². The third-order valence-corrected chi connectivity index (χ3v) is 5.56. The summed E-state index contributed by atoms with van der Waals surface area (Å²) in [5, 5.41) is 8.35. The average molecular weight is 439 g/mol. The van der Waals surface area contributed by atoms with Gasteiger partial charge in [-0.1, -0.05) is 54.6 Å². The number of hydrogen-bond donors (Lipinski definition) is 4. The number of aromatic amines is 1. The fourth-order valence-corrected chi connectivity index (χ4v) is 3.92. The number of fused-ring (bicyclic) bond motifs is 2. The number of imidazole rings is 1. The SMILES string of the molecule is O=C(C[C@H]1NC(=O)c2ccccc2NC1=O)N[C@@H](c1ccccc1)c1nc2ccccc2[nH]1. The number of anilines is 1. The zero-order valence-corrected chi connectivity index (χ0v) is 17.5. The van der Waals surface area contributed by atoms with Crippen molar-refractivity contribution in [2.24, 2.45) is 0 Å². The zero-order valence-electron chi connectivity index (χ0n) is 17.5. The number of carbonyl (C=O) groups is 3. The lowest BCUT2D eigenvalue weighted by Gasteiger charge is -2.19. The number of aromatic nitrogens is 2. The molecule has 8 nitrogen and oxygen atoms in total. The van der Waals surface area contributed by atoms with Gasteiger partial charge in [-0.3, -0.25) is 14.4 Å². The molecule has 1 aliphatic rings. The van der Waals surface area contributed by atoms with Crippen LogP contribution in [0.4, 0.5) is 5.69 Å². The molecular weight excluding hydrogens is 418 g/mol. The summed E-state index contributed by atoms with van der Waals surface area (Å²) in [5.74, 6) is -0.657. The average Bonchev–Trinajstić information content (AvgIpc) is 3.22. The third kappa shape index (κ3) is 4.18. The van der Waals surface area contributed by atoms with E-state index in [9.17, 15) is 14.4 Å². The summed E-state index contributed by atoms with van der Waals surface area (Å²) in [5.41, 5.74) is 3.27. The Balaban J connectivity index is 1.38. The summed E-state index contributed by atoms with van der Waals surface area (Å²) < 4.78 is 0. The number of benzene rings is 3. The van der Waals surface area contributed by atoms with Crippen molar-refractivity contribution in [2.45, 2.75) is 18.5 Å². The molecular formula is C25H21N5O3. The van der Waals surface area contributed by atoms with Crippen LogP contribution in [-0.4, -0.2) is 33.7 Å². The summed E-state index contributed by atoms with van der Waals surface area (Å²) in [7, 11) is 0. The predicted molar refractivity (Wildman–Crippen MR) is 123 cm³/mol. The van der Waals surface area contributed by atoms with Gasteiger partial charge in [-0.2, -0.15) is 0 Å². The van der Waals surface area contributed by atoms with Gasteiger partial charge >= 0.3 is 0 Å². The second-order valence-electron chi connectivity index (χ2n) is 7.82. The number of nitrogens with zero attached hydrogens (tertiary/aromatic N) is 1. The molecule has 0 spiro atoms. The van der Waals surface area contributed by atoms with E-state index >= 15 is 0 Å². The highest BCUT2D eigenvalue weighted by Gasteiger charge is 2.30. The minimum atomic E-state index is -1.00. The minimum Gasteiger partial charge on any atom is -0.342 e. The molecule has 0 saturated carbocycles. The molecule has 0 radical (unpaired) electrons. The molecule has 33 heavy (non-hydrogen) atoms. The zero-order chi connectivity index (χ0) is 22.8. The van der Waals surface area contributed by atoms with Crippen molar-refractivity contribution in [3.63, 3.8) is 0 Å². The molecule has 4 N–H and O–H groups in total. The van der Waals surface area contributed by atoms with Crippen LogP contribution < -0.4 is 16.0 Å². The number of amides is 3. The number of nitrogens with one attached hydrogen (secondary N) is 4. The van der Waals surface area contributed by atoms with Gasteiger partial charge in [-0.05, 0) is 29.8 Å². The van der Waals surface area contributed by atoms with Gasteiger partial charge in [0, 0.05) is 0 Å². The van der Waals surface area contributed by atoms with E-state index in [-0.39, 0.29) is 6.42 Å². The van der Waals surface area contributed by atoms with Gasteiger partial charge < -0.3 is 20.9 Å². The first kappa shape index (κ1) is 20.4. The van der Waals surface area contributed by atoms with Crippen molar-refractivity contribution < 1.29 is 14.4 Å². The normalized spacial score (nSPS) is 16.3. The second-order valence-corrected chi connectivity index (χ2v) is 7.82. The minimum absolute atomic E-state index is 0.213. The molecule has 2 atom stereocenters. The maximum Gasteiger partial charge on any atom is 0.254 e. The standard InChI is InChI=1S/C25H21N5O3/c31-21(14-20-25(33)28-17-11-5-4-10-16(17)24(32)29-20)30-22(15-8-2-1-3-9-15)23-26-18-12-6-7-13-19(18)27-23/h1-13,20,22H,14H2,(H,26,27)(H,28,33)(H,29,32)(H,30,31)/t20-,22+/m1/s1. The fourth-order valence-electron chi connectivity index (χ4n) is 3.92. The van der Waals surface area contributed by atoms with Crippen molar-refractivity contribution in [2.75, 3.05) is 5.32 Å². The van der Waals surface area contributed by atoms with Gasteiger partial charge in [0.05, 0.1) is 28.7 Å². The second kappa shape index (κ2) is 8.58. The van der Waals surface area contributed by atoms with E-state index < -0.39 is 29.8 Å². The third-order valence-electron chi connectivity index (χ3n) is 5.56. The van der Waals surface area contributed by atoms with Gasteiger partial charge in [0.25, 0.3) is 5.91 Å². The van der Waals surface area contributed by atoms with Gasteiger partial charge in [0.1, 0.15) is 17.9 Å². The Labute approximate surface area is 189 Å². The van der Waals surface area contributed by atoms with Crippen LogP contribution >= 0.6 is 0 Å². The summed E-state index contributed by atoms with van der Waals surface area (Å²) in [6.07, 6.45) is -0.213. The summed E-state index contributed by atoms with van der Waals surface area (Å²) >= 11 is 0. The first-order valence-corrected chi connectivity index (χ1v) is 10.6. The maximum absolute atomic E-state index is 13.0. The van der Waals surface area contributed by atoms with Gasteiger partial charge in [-0.25, -0.2) is 4.98 Å². The molecule has 0 bridgehead atoms. The molecule has 164 valence electrons. The number of H-pyrrole nitrogens is 1. The monoisotopic (exact) mass is 439 g/mol. The van der Waals surface area contributed by atoms with Crippen LogP contribution in [0.15, 0.2) is 78.9 Å². The molecule has 1 aliphatic heterocycles. The molecule has 2 heterocycles. The first-order valence-electron chi connectivity index (χ1n) is 10.6. The van der Waals surface area contributed by atoms with Crippen LogP contribution in [0.1, 0.15) is 34.2 Å². The molecule has 0 unspecified atom stereocenters. The maximum atomic E-state index is 13.0. The highest BCUT2D eigenvalue weighted by Crippen LogP contribution is 2.23. The van der Waals surface area contributed by atoms with E-state index in [0.29, 0.717) is 17.1 Å². The largest absolute Gasteiger partial charge is 0.342 e. The van der Waals surface area contributed by atoms with Crippen molar-refractivity contribution in [1.82, 2.24) is 20.6 Å². The van der Waals surface area contributed by atoms with Crippen molar-refractivity contribution >= 4 is 34.4 Å². The summed E-state index contributed by atoms with van der Waals surface area (Å²) in [4.78, 5) is 46.2. The molecule has 3 amide bonds. The van der Waals surface area contributed by atoms with Crippen LogP contribution in [0.25, 0.3) is 11.0 Å². The smallest absolute Gasteiger partial charge is 0.254 e. The molecule has 0 saturated heterocycles. The Bertz CT molecular complexity index is 1320. The number of para-hydroxylation sites is 3. The van der Waals surface area contributed by atoms with Gasteiger partial charge in [-0.15, -0.1) is 0 Å². The lowest BCUT2D eigenvalue weighted by molar-refractivity contribution is -0.126. The highest BCUT2D eigenvalue weighted by atomic mass is 16.2. The molecule has 0 fully saturated rings. The molecule has 5 rings (SSSR count). The van der Waals surface area contributed by atoms with Crippen LogP contribution in [0.5, 0.6) is 0 Å². The van der Waals surface area contributed by atoms with E-state index in [1.54, 1.807) is 24.3 Å². The van der Waals surface area contributed by atoms with Crippen molar-refractivity contribution in [1.29, 1.82) is 0 Å². The van der Waals surface area contributed by atoms with Crippen LogP contribution in [0.2, 0.25) is 0 Å². The van der Waals surface area contributed by atoms with E-state index in [1.165, 1.54) is 0 Å². The van der Waals surface area contributed by atoms with Gasteiger partial charge in [0.15, 0.2) is 0 Å². The van der Waals surface area contributed by atoms with Crippen molar-refractivity contribution in [3.8, 4) is 0 Å². The van der Waals surface area contributed by atoms with E-state index in [0.717, 1.165) is 16.6 Å². The summed E-state index contributed by atoms with van der Waals surface area (Å²) in [6, 6.07) is 22.2. The molecule has 8 heteroatoms. The topological polar surface area (TPSA) is 116 Å². The van der Waals surface area contributed by atoms with E-state index in [1.807, 2.05) is 54.6 Å². The van der Waals surface area contributed by atoms with Crippen LogP contribution in [-0.2, 0) is 9.59 Å². The molecule has 0 aliphatic carbocycles. The Hall–Kier alpha value is -4.46. The van der Waals surface area contributed by atoms with Crippen molar-refractivity contribution in [3.05, 3.63) is 95.8 Å². The lowest BCUT2D eigenvalue weighted by atomic mass is 10.1. The Morgan fingerprint density at radius 3 is 2.48 bits per heavy atom. The molecule has 1 aromatic heterocycles. The molecule has 3 aromatic carbocycles. The summed E-state index contributed by atoms with van der Waals surface area (Å²) in [6.45, 7) is 0. The number of carbonyl (C=O) groups excluding carboxylic acids is 3. The van der Waals surface area contributed by atoms with Crippen LogP contribution in [0, 0.1) is 0 Å². The number of hydrogen-bond acceptors (Lipinski definition) is 4. The highest BCUT2D eigenvalue weighted by molar-refractivity contribution is 6.10. The predicted octanol–water partition coefficient (Wildman–Crippen LogP) is 2.91. The van der Waals surface area contributed by atoms with Crippen LogP contribution in [0.3, 0.4) is 0 Å². The van der Waals surface area contributed by atoms with E-state index in [4.69, 9.17) is 0 Å². The number of rotatable bonds is 5. The quantitative estimate of drug-likeness (QED) is 0.383. The van der Waals surface area contributed by atoms with Gasteiger partial charge in [0.2, 0.25) is 11.8 Å². The first-order chi connectivity index (χ1) is 16.1. The molecule has 4 aromatic rings. The Kier molecular flexibility index (Phi) is 5.32. The lowest BCUT2D eigenvalue weighted by Crippen LogP contribution is -2.45.